The molecule has 0 bridgehead atoms. The minimum atomic E-state index is -0.872. The Morgan fingerprint density at radius 3 is 1.50 bits per heavy atom. The molecule has 0 heterocycles. The molecule has 1 unspecified atom stereocenters. The second-order valence-corrected chi connectivity index (χ2v) is 10.2. The smallest absolute Gasteiger partial charge is 0.258 e. The molecule has 0 radical (unpaired) electrons. The number of unbranched alkanes of at least 4 members (excludes halogenated alkanes) is 5. The van der Waals surface area contributed by atoms with E-state index in [4.69, 9.17) is 9.47 Å². The monoisotopic (exact) mass is 506 g/mol. The first-order valence-electron chi connectivity index (χ1n) is 14.3. The Hall–Kier alpha value is -3.52. The zero-order valence-electron chi connectivity index (χ0n) is 22.8. The molecule has 0 N–H and O–H groups in total. The van der Waals surface area contributed by atoms with E-state index in [2.05, 4.69) is 67.6 Å². The summed E-state index contributed by atoms with van der Waals surface area (Å²) in [5.74, 6) is 0.945. The summed E-state index contributed by atoms with van der Waals surface area (Å²) in [6, 6.07) is 41.8. The SMILES string of the molecule is CCCCCCCCC(Cc1ccccc1)C(Cc1ccccc1)(Oc1ccccc1)Oc1ccccc1. The van der Waals surface area contributed by atoms with Crippen molar-refractivity contribution in [1.82, 2.24) is 0 Å². The average Bonchev–Trinajstić information content (AvgIpc) is 2.96. The van der Waals surface area contributed by atoms with Crippen molar-refractivity contribution in [3.05, 3.63) is 132 Å². The van der Waals surface area contributed by atoms with E-state index >= 15 is 0 Å². The van der Waals surface area contributed by atoms with E-state index < -0.39 is 5.79 Å². The lowest BCUT2D eigenvalue weighted by molar-refractivity contribution is -0.158. The van der Waals surface area contributed by atoms with E-state index in [1.54, 1.807) is 0 Å². The molecule has 0 aliphatic carbocycles. The van der Waals surface area contributed by atoms with Crippen molar-refractivity contribution in [3.63, 3.8) is 0 Å². The van der Waals surface area contributed by atoms with Crippen LogP contribution in [0.1, 0.15) is 63.0 Å². The molecule has 0 saturated heterocycles. The van der Waals surface area contributed by atoms with Crippen molar-refractivity contribution in [2.45, 2.75) is 70.5 Å². The number of hydrogen-bond acceptors (Lipinski definition) is 2. The summed E-state index contributed by atoms with van der Waals surface area (Å²) in [7, 11) is 0. The second-order valence-electron chi connectivity index (χ2n) is 10.2. The number of benzene rings is 4. The van der Waals surface area contributed by atoms with Gasteiger partial charge in [0.25, 0.3) is 5.79 Å². The van der Waals surface area contributed by atoms with Crippen LogP contribution >= 0.6 is 0 Å². The first kappa shape index (κ1) is 27.5. The number of hydrogen-bond donors (Lipinski definition) is 0. The molecule has 198 valence electrons. The number of ether oxygens (including phenoxy) is 2. The summed E-state index contributed by atoms with van der Waals surface area (Å²) in [5.41, 5.74) is 2.52. The number of para-hydroxylation sites is 2. The largest absolute Gasteiger partial charge is 0.452 e. The van der Waals surface area contributed by atoms with E-state index in [1.807, 2.05) is 60.7 Å². The summed E-state index contributed by atoms with van der Waals surface area (Å²) >= 11 is 0. The Kier molecular flexibility index (Phi) is 10.9. The third-order valence-corrected chi connectivity index (χ3v) is 7.21. The molecule has 2 heteroatoms. The predicted molar refractivity (Wildman–Crippen MR) is 159 cm³/mol. The van der Waals surface area contributed by atoms with Gasteiger partial charge in [0.05, 0.1) is 6.42 Å². The summed E-state index contributed by atoms with van der Waals surface area (Å²) < 4.78 is 14.0. The van der Waals surface area contributed by atoms with Gasteiger partial charge in [-0.2, -0.15) is 0 Å². The Labute approximate surface area is 229 Å². The molecule has 2 nitrogen and oxygen atoms in total. The van der Waals surface area contributed by atoms with E-state index in [0.717, 1.165) is 30.8 Å². The van der Waals surface area contributed by atoms with Gasteiger partial charge in [-0.15, -0.1) is 0 Å². The van der Waals surface area contributed by atoms with E-state index in [1.165, 1.54) is 43.2 Å². The first-order chi connectivity index (χ1) is 18.8. The van der Waals surface area contributed by atoms with Crippen LogP contribution in [-0.2, 0) is 12.8 Å². The van der Waals surface area contributed by atoms with Crippen molar-refractivity contribution in [2.75, 3.05) is 0 Å². The van der Waals surface area contributed by atoms with Crippen LogP contribution < -0.4 is 9.47 Å². The lowest BCUT2D eigenvalue weighted by atomic mass is 9.82. The molecule has 0 aromatic heterocycles. The van der Waals surface area contributed by atoms with Crippen molar-refractivity contribution in [1.29, 1.82) is 0 Å². The van der Waals surface area contributed by atoms with E-state index in [-0.39, 0.29) is 5.92 Å². The molecule has 4 aromatic carbocycles. The molecule has 38 heavy (non-hydrogen) atoms. The van der Waals surface area contributed by atoms with Crippen LogP contribution in [0.2, 0.25) is 0 Å². The molecule has 1 atom stereocenters. The lowest BCUT2D eigenvalue weighted by Crippen LogP contribution is -2.52. The Bertz CT molecular complexity index is 1040. The maximum Gasteiger partial charge on any atom is 0.258 e. The summed E-state index contributed by atoms with van der Waals surface area (Å²) in [5, 5.41) is 0. The second kappa shape index (κ2) is 15.0. The van der Waals surface area contributed by atoms with Gasteiger partial charge in [-0.25, -0.2) is 0 Å². The van der Waals surface area contributed by atoms with Crippen molar-refractivity contribution in [2.24, 2.45) is 5.92 Å². The van der Waals surface area contributed by atoms with Gasteiger partial charge in [-0.1, -0.05) is 143 Å². The van der Waals surface area contributed by atoms with Gasteiger partial charge in [0.2, 0.25) is 0 Å². The first-order valence-corrected chi connectivity index (χ1v) is 14.3. The third-order valence-electron chi connectivity index (χ3n) is 7.21. The quantitative estimate of drug-likeness (QED) is 0.111. The standard InChI is InChI=1S/C36H42O2/c1-2-3-4-5-6-15-24-33(29-31-20-11-7-12-21-31)36(30-32-22-13-8-14-23-32,37-34-25-16-9-17-26-34)38-35-27-18-10-19-28-35/h7-14,16-23,25-28,33H,2-6,15,24,29-30H2,1H3. The highest BCUT2D eigenvalue weighted by Crippen LogP contribution is 2.37. The molecule has 0 aliphatic rings. The van der Waals surface area contributed by atoms with Crippen LogP contribution in [0.3, 0.4) is 0 Å². The van der Waals surface area contributed by atoms with E-state index in [0.29, 0.717) is 6.42 Å². The van der Waals surface area contributed by atoms with Gasteiger partial charge in [0.1, 0.15) is 11.5 Å². The van der Waals surface area contributed by atoms with Gasteiger partial charge >= 0.3 is 0 Å². The Balaban J connectivity index is 1.73. The van der Waals surface area contributed by atoms with Gasteiger partial charge in [0, 0.05) is 5.92 Å². The fourth-order valence-electron chi connectivity index (χ4n) is 5.21. The topological polar surface area (TPSA) is 18.5 Å². The van der Waals surface area contributed by atoms with Gasteiger partial charge in [0.15, 0.2) is 0 Å². The van der Waals surface area contributed by atoms with Crippen LogP contribution in [0.4, 0.5) is 0 Å². The molecular formula is C36H42O2. The zero-order chi connectivity index (χ0) is 26.3. The maximum absolute atomic E-state index is 7.02. The maximum atomic E-state index is 7.02. The Morgan fingerprint density at radius 2 is 0.974 bits per heavy atom. The summed E-state index contributed by atoms with van der Waals surface area (Å²) in [6.45, 7) is 2.27. The average molecular weight is 507 g/mol. The van der Waals surface area contributed by atoms with E-state index in [9.17, 15) is 0 Å². The van der Waals surface area contributed by atoms with Crippen molar-refractivity contribution < 1.29 is 9.47 Å². The minimum Gasteiger partial charge on any atom is -0.452 e. The molecular weight excluding hydrogens is 464 g/mol. The minimum absolute atomic E-state index is 0.150. The normalized spacial score (nSPS) is 12.1. The highest BCUT2D eigenvalue weighted by molar-refractivity contribution is 5.27. The molecule has 0 aliphatic heterocycles. The zero-order valence-corrected chi connectivity index (χ0v) is 22.8. The van der Waals surface area contributed by atoms with Crippen LogP contribution in [0.25, 0.3) is 0 Å². The fraction of sp³-hybridized carbons (Fsp3) is 0.333. The van der Waals surface area contributed by atoms with Crippen LogP contribution in [0.15, 0.2) is 121 Å². The van der Waals surface area contributed by atoms with Crippen LogP contribution in [0, 0.1) is 5.92 Å². The molecule has 4 aromatic rings. The predicted octanol–water partition coefficient (Wildman–Crippen LogP) is 9.69. The summed E-state index contributed by atoms with van der Waals surface area (Å²) in [4.78, 5) is 0. The molecule has 4 rings (SSSR count). The molecule has 0 spiro atoms. The van der Waals surface area contributed by atoms with Crippen molar-refractivity contribution in [3.8, 4) is 11.5 Å². The highest BCUT2D eigenvalue weighted by atomic mass is 16.7. The highest BCUT2D eigenvalue weighted by Gasteiger charge is 2.44. The lowest BCUT2D eigenvalue weighted by Gasteiger charge is -2.41. The van der Waals surface area contributed by atoms with Gasteiger partial charge in [-0.05, 0) is 48.2 Å². The fourth-order valence-corrected chi connectivity index (χ4v) is 5.21. The Morgan fingerprint density at radius 1 is 0.526 bits per heavy atom. The van der Waals surface area contributed by atoms with Crippen molar-refractivity contribution >= 4 is 0 Å². The van der Waals surface area contributed by atoms with Crippen LogP contribution in [0.5, 0.6) is 11.5 Å². The molecule has 0 fully saturated rings. The van der Waals surface area contributed by atoms with Crippen LogP contribution in [-0.4, -0.2) is 5.79 Å². The molecule has 0 amide bonds. The van der Waals surface area contributed by atoms with Gasteiger partial charge < -0.3 is 9.47 Å². The summed E-state index contributed by atoms with van der Waals surface area (Å²) in [6.07, 6.45) is 10.2. The molecule has 0 saturated carbocycles. The van der Waals surface area contributed by atoms with Gasteiger partial charge in [-0.3, -0.25) is 0 Å². The number of rotatable bonds is 16. The third kappa shape index (κ3) is 8.52.